The van der Waals surface area contributed by atoms with Crippen molar-refractivity contribution in [3.8, 4) is 0 Å². The summed E-state index contributed by atoms with van der Waals surface area (Å²) in [7, 11) is -2.17. The summed E-state index contributed by atoms with van der Waals surface area (Å²) in [5, 5.41) is 10.3. The molecule has 0 radical (unpaired) electrons. The Morgan fingerprint density at radius 3 is 2.02 bits per heavy atom. The number of alkyl halides is 2. The van der Waals surface area contributed by atoms with Crippen molar-refractivity contribution in [2.45, 2.75) is 105 Å². The van der Waals surface area contributed by atoms with E-state index in [9.17, 15) is 45.2 Å². The van der Waals surface area contributed by atoms with Crippen molar-refractivity contribution in [3.63, 3.8) is 0 Å². The molecule has 296 valence electrons. The first-order valence-electron chi connectivity index (χ1n) is 17.3. The van der Waals surface area contributed by atoms with Crippen molar-refractivity contribution >= 4 is 33.8 Å². The van der Waals surface area contributed by atoms with Crippen molar-refractivity contribution in [2.24, 2.45) is 22.7 Å². The SMILES string of the molecule is CC(C)[C@H]1CCN(C(=O)[C@@H](NC(=O)N[C@H](CN(C)S(C)(=O)=O)C(C)(C)C)C(C)(C)C)[C@@H]1C(=O)N[C@@H](CC(F)F)C(=O)NCCc1c(F)cccc1F. The largest absolute Gasteiger partial charge is 0.354 e. The Kier molecular flexibility index (Phi) is 15.5. The fourth-order valence-electron chi connectivity index (χ4n) is 6.04. The zero-order valence-electron chi connectivity index (χ0n) is 31.8. The van der Waals surface area contributed by atoms with Crippen LogP contribution in [0.1, 0.15) is 73.8 Å². The van der Waals surface area contributed by atoms with Crippen LogP contribution in [0.3, 0.4) is 0 Å². The highest BCUT2D eigenvalue weighted by atomic mass is 32.2. The summed E-state index contributed by atoms with van der Waals surface area (Å²) in [6, 6.07) is -2.19. The second kappa shape index (κ2) is 18.0. The standard InChI is InChI=1S/C35H56F4N6O6S/c1-20(2)21-15-17-45(32(48)29(35(6,7)8)43-33(49)42-26(34(3,4)5)19-44(9)52(10,50)51)28(21)31(47)41-25(18-27(38)39)30(46)40-16-14-22-23(36)12-11-13-24(22)37/h11-13,20-21,25-29H,14-19H2,1-10H3,(H,40,46)(H,41,47)(H2,42,43,49)/t21-,25+,26-,28+,29-/m1/s1. The molecule has 12 nitrogen and oxygen atoms in total. The minimum absolute atomic E-state index is 0.0400. The monoisotopic (exact) mass is 764 g/mol. The Morgan fingerprint density at radius 2 is 1.54 bits per heavy atom. The zero-order chi connectivity index (χ0) is 39.9. The first kappa shape index (κ1) is 44.7. The molecule has 0 unspecified atom stereocenters. The molecule has 1 aromatic carbocycles. The van der Waals surface area contributed by atoms with E-state index in [0.717, 1.165) is 22.7 Å². The summed E-state index contributed by atoms with van der Waals surface area (Å²) in [6.45, 7) is 14.1. The van der Waals surface area contributed by atoms with Crippen LogP contribution in [-0.2, 0) is 30.8 Å². The van der Waals surface area contributed by atoms with Crippen LogP contribution in [0.5, 0.6) is 0 Å². The lowest BCUT2D eigenvalue weighted by Gasteiger charge is -2.38. The number of rotatable bonds is 15. The maximum Gasteiger partial charge on any atom is 0.315 e. The number of amides is 5. The fourth-order valence-corrected chi connectivity index (χ4v) is 6.46. The molecule has 0 bridgehead atoms. The van der Waals surface area contributed by atoms with Gasteiger partial charge < -0.3 is 26.2 Å². The van der Waals surface area contributed by atoms with Crippen molar-refractivity contribution in [3.05, 3.63) is 35.4 Å². The highest BCUT2D eigenvalue weighted by Gasteiger charge is 2.48. The smallest absolute Gasteiger partial charge is 0.315 e. The van der Waals surface area contributed by atoms with Crippen molar-refractivity contribution < 1.29 is 45.2 Å². The van der Waals surface area contributed by atoms with Gasteiger partial charge in [0, 0.05) is 44.7 Å². The lowest BCUT2D eigenvalue weighted by Crippen LogP contribution is -2.62. The number of urea groups is 1. The van der Waals surface area contributed by atoms with Gasteiger partial charge in [-0.05, 0) is 47.6 Å². The highest BCUT2D eigenvalue weighted by molar-refractivity contribution is 7.88. The number of sulfonamides is 1. The minimum Gasteiger partial charge on any atom is -0.354 e. The van der Waals surface area contributed by atoms with Crippen LogP contribution in [0.25, 0.3) is 0 Å². The summed E-state index contributed by atoms with van der Waals surface area (Å²) in [5.41, 5.74) is -1.76. The molecule has 2 rings (SSSR count). The summed E-state index contributed by atoms with van der Waals surface area (Å²) in [5.74, 6) is -4.64. The summed E-state index contributed by atoms with van der Waals surface area (Å²) >= 11 is 0. The van der Waals surface area contributed by atoms with Crippen LogP contribution in [0.4, 0.5) is 22.4 Å². The van der Waals surface area contributed by atoms with Crippen LogP contribution >= 0.6 is 0 Å². The van der Waals surface area contributed by atoms with E-state index in [2.05, 4.69) is 21.3 Å². The van der Waals surface area contributed by atoms with Gasteiger partial charge in [-0.3, -0.25) is 14.4 Å². The summed E-state index contributed by atoms with van der Waals surface area (Å²) < 4.78 is 80.7. The quantitative estimate of drug-likeness (QED) is 0.200. The van der Waals surface area contributed by atoms with E-state index in [4.69, 9.17) is 0 Å². The number of likely N-dealkylation sites (tertiary alicyclic amines) is 1. The molecule has 1 heterocycles. The number of benzene rings is 1. The normalized spacial score (nSPS) is 18.7. The number of hydrogen-bond acceptors (Lipinski definition) is 6. The zero-order valence-corrected chi connectivity index (χ0v) is 32.6. The van der Waals surface area contributed by atoms with E-state index < -0.39 is 99.2 Å². The molecule has 1 fully saturated rings. The van der Waals surface area contributed by atoms with Gasteiger partial charge in [0.25, 0.3) is 0 Å². The Bertz CT molecular complexity index is 1510. The summed E-state index contributed by atoms with van der Waals surface area (Å²) in [6.07, 6.45) is -2.88. The van der Waals surface area contributed by atoms with E-state index in [1.807, 2.05) is 34.6 Å². The maximum absolute atomic E-state index is 14.3. The van der Waals surface area contributed by atoms with Crippen LogP contribution in [0.15, 0.2) is 18.2 Å². The van der Waals surface area contributed by atoms with Gasteiger partial charge >= 0.3 is 6.03 Å². The van der Waals surface area contributed by atoms with Gasteiger partial charge in [0.05, 0.1) is 6.26 Å². The lowest BCUT2D eigenvalue weighted by molar-refractivity contribution is -0.144. The van der Waals surface area contributed by atoms with Crippen LogP contribution in [0, 0.1) is 34.3 Å². The first-order valence-corrected chi connectivity index (χ1v) is 19.2. The van der Waals surface area contributed by atoms with E-state index in [1.54, 1.807) is 20.8 Å². The van der Waals surface area contributed by atoms with Gasteiger partial charge in [-0.2, -0.15) is 0 Å². The van der Waals surface area contributed by atoms with Crippen molar-refractivity contribution in [2.75, 3.05) is 32.9 Å². The minimum atomic E-state index is -3.56. The number of hydrogen-bond donors (Lipinski definition) is 4. The van der Waals surface area contributed by atoms with Gasteiger partial charge in [0.15, 0.2) is 0 Å². The molecule has 1 aliphatic rings. The number of nitrogens with zero attached hydrogens (tertiary/aromatic N) is 2. The Hall–Kier alpha value is -3.47. The topological polar surface area (TPSA) is 157 Å². The molecule has 0 aliphatic carbocycles. The maximum atomic E-state index is 14.3. The molecule has 5 amide bonds. The molecule has 4 N–H and O–H groups in total. The van der Waals surface area contributed by atoms with E-state index in [0.29, 0.717) is 6.42 Å². The van der Waals surface area contributed by atoms with Gasteiger partial charge in [-0.25, -0.2) is 35.1 Å². The van der Waals surface area contributed by atoms with Crippen LogP contribution in [-0.4, -0.2) is 105 Å². The molecule has 0 aromatic heterocycles. The van der Waals surface area contributed by atoms with E-state index in [-0.39, 0.29) is 37.5 Å². The summed E-state index contributed by atoms with van der Waals surface area (Å²) in [4.78, 5) is 56.0. The fraction of sp³-hybridized carbons (Fsp3) is 0.714. The van der Waals surface area contributed by atoms with E-state index in [1.165, 1.54) is 18.0 Å². The first-order chi connectivity index (χ1) is 23.7. The van der Waals surface area contributed by atoms with Crippen LogP contribution in [0.2, 0.25) is 0 Å². The second-order valence-electron chi connectivity index (χ2n) is 16.0. The third kappa shape index (κ3) is 12.6. The average molecular weight is 765 g/mol. The molecule has 0 saturated carbocycles. The molecule has 1 saturated heterocycles. The molecular weight excluding hydrogens is 708 g/mol. The van der Waals surface area contributed by atoms with Crippen molar-refractivity contribution in [1.29, 1.82) is 0 Å². The lowest BCUT2D eigenvalue weighted by atomic mass is 9.84. The number of carbonyl (C=O) groups excluding carboxylic acids is 4. The molecule has 1 aromatic rings. The molecule has 17 heteroatoms. The van der Waals surface area contributed by atoms with Crippen LogP contribution < -0.4 is 21.3 Å². The van der Waals surface area contributed by atoms with Gasteiger partial charge in [0.1, 0.15) is 29.8 Å². The Labute approximate surface area is 305 Å². The van der Waals surface area contributed by atoms with Gasteiger partial charge in [0.2, 0.25) is 34.2 Å². The molecule has 52 heavy (non-hydrogen) atoms. The van der Waals surface area contributed by atoms with Gasteiger partial charge in [-0.15, -0.1) is 0 Å². The highest BCUT2D eigenvalue weighted by Crippen LogP contribution is 2.33. The molecule has 0 spiro atoms. The van der Waals surface area contributed by atoms with Gasteiger partial charge in [-0.1, -0.05) is 61.5 Å². The van der Waals surface area contributed by atoms with Crippen molar-refractivity contribution in [1.82, 2.24) is 30.5 Å². The second-order valence-corrected chi connectivity index (χ2v) is 18.1. The predicted molar refractivity (Wildman–Crippen MR) is 190 cm³/mol. The average Bonchev–Trinajstić information content (AvgIpc) is 3.44. The third-order valence-corrected chi connectivity index (χ3v) is 10.7. The molecular formula is C35H56F4N6O6S. The molecule has 1 aliphatic heterocycles. The number of carbonyl (C=O) groups is 4. The third-order valence-electron chi connectivity index (χ3n) is 9.38. The number of likely N-dealkylation sites (N-methyl/N-ethyl adjacent to an activating group) is 1. The Morgan fingerprint density at radius 1 is 0.962 bits per heavy atom. The number of nitrogens with one attached hydrogen (secondary N) is 4. The number of halogens is 4. The Balaban J connectivity index is 2.31. The molecule has 5 atom stereocenters. The van der Waals surface area contributed by atoms with E-state index >= 15 is 0 Å². The predicted octanol–water partition coefficient (Wildman–Crippen LogP) is 3.66.